The van der Waals surface area contributed by atoms with Crippen LogP contribution in [-0.2, 0) is 24.2 Å². The molecular formula is C20H21BrN2O6S. The first kappa shape index (κ1) is 23.6. The highest BCUT2D eigenvalue weighted by molar-refractivity contribution is 9.10. The van der Waals surface area contributed by atoms with Crippen LogP contribution in [0.4, 0.5) is 5.69 Å². The van der Waals surface area contributed by atoms with E-state index in [1.807, 2.05) is 13.0 Å². The van der Waals surface area contributed by atoms with Gasteiger partial charge in [0.1, 0.15) is 0 Å². The van der Waals surface area contributed by atoms with Gasteiger partial charge >= 0.3 is 5.97 Å². The fourth-order valence-electron chi connectivity index (χ4n) is 2.45. The summed E-state index contributed by atoms with van der Waals surface area (Å²) in [5.41, 5.74) is 2.03. The van der Waals surface area contributed by atoms with E-state index in [9.17, 15) is 22.8 Å². The van der Waals surface area contributed by atoms with Gasteiger partial charge in [-0.3, -0.25) is 9.59 Å². The van der Waals surface area contributed by atoms with Crippen molar-refractivity contribution in [2.75, 3.05) is 24.7 Å². The molecule has 2 N–H and O–H groups in total. The van der Waals surface area contributed by atoms with Crippen LogP contribution in [0.2, 0.25) is 0 Å². The molecule has 0 radical (unpaired) electrons. The van der Waals surface area contributed by atoms with Crippen molar-refractivity contribution in [3.8, 4) is 0 Å². The van der Waals surface area contributed by atoms with Crippen LogP contribution in [0.15, 0.2) is 45.8 Å². The lowest BCUT2D eigenvalue weighted by molar-refractivity contribution is -0.126. The summed E-state index contributed by atoms with van der Waals surface area (Å²) < 4.78 is 29.1. The Kier molecular flexibility index (Phi) is 7.74. The van der Waals surface area contributed by atoms with E-state index in [1.165, 1.54) is 18.2 Å². The minimum Gasteiger partial charge on any atom is -0.452 e. The molecule has 2 rings (SSSR count). The molecule has 2 amide bonds. The minimum absolute atomic E-state index is 0.0237. The zero-order valence-corrected chi connectivity index (χ0v) is 19.0. The van der Waals surface area contributed by atoms with Crippen molar-refractivity contribution in [3.63, 3.8) is 0 Å². The first-order valence-electron chi connectivity index (χ1n) is 8.78. The van der Waals surface area contributed by atoms with Gasteiger partial charge in [-0.2, -0.15) is 0 Å². The monoisotopic (exact) mass is 496 g/mol. The van der Waals surface area contributed by atoms with Crippen LogP contribution in [0, 0.1) is 13.8 Å². The molecule has 0 heterocycles. The highest BCUT2D eigenvalue weighted by Crippen LogP contribution is 2.20. The fraction of sp³-hybridized carbons (Fsp3) is 0.250. The molecule has 30 heavy (non-hydrogen) atoms. The van der Waals surface area contributed by atoms with Crippen LogP contribution in [0.3, 0.4) is 0 Å². The van der Waals surface area contributed by atoms with Crippen LogP contribution < -0.4 is 10.6 Å². The summed E-state index contributed by atoms with van der Waals surface area (Å²) in [5, 5.41) is 5.03. The number of benzene rings is 2. The van der Waals surface area contributed by atoms with Crippen molar-refractivity contribution in [2.24, 2.45) is 0 Å². The molecule has 0 aromatic heterocycles. The molecule has 0 unspecified atom stereocenters. The van der Waals surface area contributed by atoms with E-state index in [4.69, 9.17) is 4.74 Å². The minimum atomic E-state index is -3.49. The summed E-state index contributed by atoms with van der Waals surface area (Å²) in [7, 11) is -3.49. The number of sulfone groups is 1. The lowest BCUT2D eigenvalue weighted by Crippen LogP contribution is -2.35. The first-order chi connectivity index (χ1) is 14.0. The molecule has 0 aliphatic rings. The summed E-state index contributed by atoms with van der Waals surface area (Å²) in [6.45, 7) is 2.55. The standard InChI is InChI=1S/C20H21BrN2O6S/c1-12-4-6-15(30(3,27)28)9-16(12)20(26)29-11-19(25)22-10-18(24)23-17-7-5-14(21)8-13(17)2/h4-9H,10-11H2,1-3H3,(H,22,25)(H,23,24). The molecule has 0 aliphatic heterocycles. The number of hydrogen-bond acceptors (Lipinski definition) is 6. The number of ether oxygens (including phenoxy) is 1. The van der Waals surface area contributed by atoms with Gasteiger partial charge in [0.2, 0.25) is 5.91 Å². The van der Waals surface area contributed by atoms with Gasteiger partial charge in [0.15, 0.2) is 16.4 Å². The molecule has 0 bridgehead atoms. The van der Waals surface area contributed by atoms with Crippen molar-refractivity contribution < 1.29 is 27.5 Å². The number of carbonyl (C=O) groups is 3. The molecule has 2 aromatic rings. The number of hydrogen-bond donors (Lipinski definition) is 2. The average Bonchev–Trinajstić information content (AvgIpc) is 2.66. The molecule has 0 aliphatic carbocycles. The number of esters is 1. The van der Waals surface area contributed by atoms with E-state index < -0.39 is 34.2 Å². The topological polar surface area (TPSA) is 119 Å². The van der Waals surface area contributed by atoms with Crippen molar-refractivity contribution in [1.29, 1.82) is 0 Å². The zero-order chi connectivity index (χ0) is 22.5. The van der Waals surface area contributed by atoms with Gasteiger partial charge in [0.25, 0.3) is 5.91 Å². The number of carbonyl (C=O) groups excluding carboxylic acids is 3. The van der Waals surface area contributed by atoms with Gasteiger partial charge in [-0.05, 0) is 55.3 Å². The molecule has 0 saturated carbocycles. The SMILES string of the molecule is Cc1cc(Br)ccc1NC(=O)CNC(=O)COC(=O)c1cc(S(C)(=O)=O)ccc1C. The molecule has 0 saturated heterocycles. The molecule has 8 nitrogen and oxygen atoms in total. The van der Waals surface area contributed by atoms with Gasteiger partial charge in [-0.1, -0.05) is 22.0 Å². The van der Waals surface area contributed by atoms with Crippen LogP contribution in [0.1, 0.15) is 21.5 Å². The molecule has 160 valence electrons. The summed E-state index contributed by atoms with van der Waals surface area (Å²) in [6, 6.07) is 9.43. The van der Waals surface area contributed by atoms with Crippen LogP contribution in [0.25, 0.3) is 0 Å². The van der Waals surface area contributed by atoms with E-state index in [1.54, 1.807) is 19.1 Å². The Morgan fingerprint density at radius 3 is 2.33 bits per heavy atom. The second-order valence-corrected chi connectivity index (χ2v) is 9.54. The van der Waals surface area contributed by atoms with Crippen molar-refractivity contribution in [1.82, 2.24) is 5.32 Å². The van der Waals surface area contributed by atoms with E-state index in [0.29, 0.717) is 11.3 Å². The molecule has 0 atom stereocenters. The Hall–Kier alpha value is -2.72. The fourth-order valence-corrected chi connectivity index (χ4v) is 3.57. The van der Waals surface area contributed by atoms with Crippen LogP contribution >= 0.6 is 15.9 Å². The lowest BCUT2D eigenvalue weighted by atomic mass is 10.1. The third-order valence-electron chi connectivity index (χ3n) is 4.10. The average molecular weight is 497 g/mol. The van der Waals surface area contributed by atoms with Gasteiger partial charge in [-0.25, -0.2) is 13.2 Å². The lowest BCUT2D eigenvalue weighted by Gasteiger charge is -2.11. The zero-order valence-electron chi connectivity index (χ0n) is 16.6. The summed E-state index contributed by atoms with van der Waals surface area (Å²) in [5.74, 6) is -1.93. The number of rotatable bonds is 7. The predicted octanol–water partition coefficient (Wildman–Crippen LogP) is 2.38. The van der Waals surface area contributed by atoms with Gasteiger partial charge in [-0.15, -0.1) is 0 Å². The third kappa shape index (κ3) is 6.67. The Labute approximate surface area is 183 Å². The first-order valence-corrected chi connectivity index (χ1v) is 11.5. The van der Waals surface area contributed by atoms with E-state index in [2.05, 4.69) is 26.6 Å². The summed E-state index contributed by atoms with van der Waals surface area (Å²) >= 11 is 3.34. The largest absolute Gasteiger partial charge is 0.452 e. The van der Waals surface area contributed by atoms with E-state index in [0.717, 1.165) is 16.3 Å². The Morgan fingerprint density at radius 2 is 1.70 bits per heavy atom. The second-order valence-electron chi connectivity index (χ2n) is 6.61. The van der Waals surface area contributed by atoms with E-state index >= 15 is 0 Å². The van der Waals surface area contributed by atoms with Crippen molar-refractivity contribution in [2.45, 2.75) is 18.7 Å². The smallest absolute Gasteiger partial charge is 0.338 e. The quantitative estimate of drug-likeness (QED) is 0.568. The normalized spacial score (nSPS) is 10.9. The highest BCUT2D eigenvalue weighted by atomic mass is 79.9. The van der Waals surface area contributed by atoms with Crippen molar-refractivity contribution >= 4 is 49.2 Å². The molecular weight excluding hydrogens is 476 g/mol. The third-order valence-corrected chi connectivity index (χ3v) is 5.70. The molecule has 2 aromatic carbocycles. The Bertz CT molecular complexity index is 1100. The predicted molar refractivity (Wildman–Crippen MR) is 115 cm³/mol. The number of nitrogens with one attached hydrogen (secondary N) is 2. The van der Waals surface area contributed by atoms with Gasteiger partial charge in [0, 0.05) is 16.4 Å². The van der Waals surface area contributed by atoms with Gasteiger partial charge < -0.3 is 15.4 Å². The number of aryl methyl sites for hydroxylation is 2. The number of halogens is 1. The second kappa shape index (κ2) is 9.86. The van der Waals surface area contributed by atoms with E-state index in [-0.39, 0.29) is 17.0 Å². The Morgan fingerprint density at radius 1 is 1.00 bits per heavy atom. The maximum Gasteiger partial charge on any atom is 0.338 e. The van der Waals surface area contributed by atoms with Crippen LogP contribution in [0.5, 0.6) is 0 Å². The summed E-state index contributed by atoms with van der Waals surface area (Å²) in [6.07, 6.45) is 1.03. The maximum absolute atomic E-state index is 12.2. The molecule has 10 heteroatoms. The maximum atomic E-state index is 12.2. The number of anilines is 1. The molecule has 0 spiro atoms. The van der Waals surface area contributed by atoms with Crippen LogP contribution in [-0.4, -0.2) is 45.6 Å². The number of amides is 2. The highest BCUT2D eigenvalue weighted by Gasteiger charge is 2.17. The molecule has 0 fully saturated rings. The summed E-state index contributed by atoms with van der Waals surface area (Å²) in [4.78, 5) is 36.1. The van der Waals surface area contributed by atoms with Gasteiger partial charge in [0.05, 0.1) is 17.0 Å². The van der Waals surface area contributed by atoms with Crippen molar-refractivity contribution in [3.05, 3.63) is 57.6 Å². The Balaban J connectivity index is 1.87.